The van der Waals surface area contributed by atoms with E-state index in [0.717, 1.165) is 16.5 Å². The number of aromatic nitrogens is 1. The van der Waals surface area contributed by atoms with Crippen LogP contribution in [0, 0.1) is 5.82 Å². The van der Waals surface area contributed by atoms with E-state index < -0.39 is 0 Å². The first kappa shape index (κ1) is 14.0. The number of pyridine rings is 1. The van der Waals surface area contributed by atoms with Crippen LogP contribution in [0.1, 0.15) is 17.2 Å². The predicted molar refractivity (Wildman–Crippen MR) is 83.8 cm³/mol. The molecule has 2 nitrogen and oxygen atoms in total. The minimum Gasteiger partial charge on any atom is -0.324 e. The molecular weight excluding hydrogens is 287 g/mol. The lowest BCUT2D eigenvalue weighted by Gasteiger charge is -2.15. The van der Waals surface area contributed by atoms with Crippen molar-refractivity contribution in [3.63, 3.8) is 0 Å². The summed E-state index contributed by atoms with van der Waals surface area (Å²) in [5.74, 6) is -0.323. The van der Waals surface area contributed by atoms with E-state index in [1.165, 1.54) is 6.07 Å². The topological polar surface area (TPSA) is 38.9 Å². The van der Waals surface area contributed by atoms with Gasteiger partial charge >= 0.3 is 0 Å². The molecule has 0 radical (unpaired) electrons. The second kappa shape index (κ2) is 5.80. The van der Waals surface area contributed by atoms with Crippen molar-refractivity contribution in [2.45, 2.75) is 12.5 Å². The molecule has 21 heavy (non-hydrogen) atoms. The molecule has 4 heteroatoms. The van der Waals surface area contributed by atoms with Crippen LogP contribution < -0.4 is 5.73 Å². The predicted octanol–water partition coefficient (Wildman–Crippen LogP) is 4.27. The first-order valence-electron chi connectivity index (χ1n) is 6.69. The summed E-state index contributed by atoms with van der Waals surface area (Å²) in [5.41, 5.74) is 8.55. The third-order valence-electron chi connectivity index (χ3n) is 3.57. The minimum atomic E-state index is -0.340. The van der Waals surface area contributed by atoms with Crippen LogP contribution >= 0.6 is 11.6 Å². The van der Waals surface area contributed by atoms with E-state index in [1.807, 2.05) is 30.3 Å². The highest BCUT2D eigenvalue weighted by Gasteiger charge is 2.15. The monoisotopic (exact) mass is 300 g/mol. The van der Waals surface area contributed by atoms with Crippen LogP contribution in [0.3, 0.4) is 0 Å². The molecule has 0 aliphatic rings. The van der Waals surface area contributed by atoms with Crippen LogP contribution in [-0.2, 0) is 6.42 Å². The highest BCUT2D eigenvalue weighted by molar-refractivity contribution is 6.31. The highest BCUT2D eigenvalue weighted by Crippen LogP contribution is 2.27. The van der Waals surface area contributed by atoms with Gasteiger partial charge in [0.15, 0.2) is 0 Å². The summed E-state index contributed by atoms with van der Waals surface area (Å²) in [5, 5.41) is 1.39. The average molecular weight is 301 g/mol. The van der Waals surface area contributed by atoms with Gasteiger partial charge in [-0.1, -0.05) is 35.9 Å². The summed E-state index contributed by atoms with van der Waals surface area (Å²) in [6, 6.07) is 14.0. The van der Waals surface area contributed by atoms with Gasteiger partial charge in [0.2, 0.25) is 0 Å². The summed E-state index contributed by atoms with van der Waals surface area (Å²) in [7, 11) is 0. The molecule has 1 aromatic heterocycles. The standard InChI is InChI=1S/C17H14ClFN2/c18-14-5-3-6-15(19)13(14)10-16(20)11-8-9-21-17-7-2-1-4-12(11)17/h1-9,16H,10,20H2. The maximum atomic E-state index is 13.9. The molecule has 0 spiro atoms. The maximum absolute atomic E-state index is 13.9. The number of halogens is 2. The molecule has 0 saturated heterocycles. The van der Waals surface area contributed by atoms with E-state index in [1.54, 1.807) is 18.3 Å². The van der Waals surface area contributed by atoms with E-state index in [9.17, 15) is 4.39 Å². The van der Waals surface area contributed by atoms with Gasteiger partial charge in [0.1, 0.15) is 5.82 Å². The third-order valence-corrected chi connectivity index (χ3v) is 3.92. The number of nitrogens with zero attached hydrogens (tertiary/aromatic N) is 1. The van der Waals surface area contributed by atoms with Gasteiger partial charge in [-0.3, -0.25) is 4.98 Å². The maximum Gasteiger partial charge on any atom is 0.127 e. The Balaban J connectivity index is 2.00. The van der Waals surface area contributed by atoms with Crippen LogP contribution in [0.5, 0.6) is 0 Å². The van der Waals surface area contributed by atoms with Crippen LogP contribution in [0.2, 0.25) is 5.02 Å². The Kier molecular flexibility index (Phi) is 3.86. The molecule has 106 valence electrons. The molecule has 0 fully saturated rings. The molecule has 0 bridgehead atoms. The number of hydrogen-bond acceptors (Lipinski definition) is 2. The number of benzene rings is 2. The summed E-state index contributed by atoms with van der Waals surface area (Å²) >= 11 is 6.07. The highest BCUT2D eigenvalue weighted by atomic mass is 35.5. The van der Waals surface area contributed by atoms with Crippen LogP contribution in [-0.4, -0.2) is 4.98 Å². The molecule has 0 aliphatic heterocycles. The molecule has 3 rings (SSSR count). The normalized spacial score (nSPS) is 12.5. The van der Waals surface area contributed by atoms with Crippen molar-refractivity contribution in [3.05, 3.63) is 76.7 Å². The zero-order chi connectivity index (χ0) is 14.8. The molecule has 1 unspecified atom stereocenters. The lowest BCUT2D eigenvalue weighted by Crippen LogP contribution is -2.15. The molecule has 1 atom stereocenters. The molecular formula is C17H14ClFN2. The van der Waals surface area contributed by atoms with E-state index in [-0.39, 0.29) is 11.9 Å². The molecule has 0 saturated carbocycles. The number of hydrogen-bond donors (Lipinski definition) is 1. The lowest BCUT2D eigenvalue weighted by atomic mass is 9.96. The summed E-state index contributed by atoms with van der Waals surface area (Å²) in [6.07, 6.45) is 2.07. The Morgan fingerprint density at radius 2 is 1.90 bits per heavy atom. The SMILES string of the molecule is NC(Cc1c(F)cccc1Cl)c1ccnc2ccccc12. The van der Waals surface area contributed by atoms with Gasteiger partial charge in [0.25, 0.3) is 0 Å². The number of para-hydroxylation sites is 1. The smallest absolute Gasteiger partial charge is 0.127 e. The second-order valence-electron chi connectivity index (χ2n) is 4.93. The van der Waals surface area contributed by atoms with Crippen LogP contribution in [0.4, 0.5) is 4.39 Å². The van der Waals surface area contributed by atoms with Crippen molar-refractivity contribution in [2.75, 3.05) is 0 Å². The Hall–Kier alpha value is -1.97. The van der Waals surface area contributed by atoms with Crippen molar-refractivity contribution >= 4 is 22.5 Å². The van der Waals surface area contributed by atoms with E-state index in [2.05, 4.69) is 4.98 Å². The molecule has 3 aromatic rings. The second-order valence-corrected chi connectivity index (χ2v) is 5.34. The first-order chi connectivity index (χ1) is 10.2. The van der Waals surface area contributed by atoms with Gasteiger partial charge in [0, 0.05) is 28.2 Å². The molecule has 0 amide bonds. The lowest BCUT2D eigenvalue weighted by molar-refractivity contribution is 0.594. The van der Waals surface area contributed by atoms with Crippen molar-refractivity contribution in [2.24, 2.45) is 5.73 Å². The van der Waals surface area contributed by atoms with Crippen molar-refractivity contribution < 1.29 is 4.39 Å². The van der Waals surface area contributed by atoms with Gasteiger partial charge in [-0.15, -0.1) is 0 Å². The van der Waals surface area contributed by atoms with E-state index in [4.69, 9.17) is 17.3 Å². The molecule has 1 heterocycles. The largest absolute Gasteiger partial charge is 0.324 e. The van der Waals surface area contributed by atoms with Crippen molar-refractivity contribution in [1.29, 1.82) is 0 Å². The number of rotatable bonds is 3. The Morgan fingerprint density at radius 3 is 2.71 bits per heavy atom. The van der Waals surface area contributed by atoms with Gasteiger partial charge in [0.05, 0.1) is 5.52 Å². The Labute approximate surface area is 127 Å². The molecule has 2 aromatic carbocycles. The fraction of sp³-hybridized carbons (Fsp3) is 0.118. The average Bonchev–Trinajstić information content (AvgIpc) is 2.50. The number of nitrogens with two attached hydrogens (primary N) is 1. The Morgan fingerprint density at radius 1 is 1.10 bits per heavy atom. The van der Waals surface area contributed by atoms with Crippen molar-refractivity contribution in [1.82, 2.24) is 4.98 Å². The number of fused-ring (bicyclic) bond motifs is 1. The first-order valence-corrected chi connectivity index (χ1v) is 7.06. The van der Waals surface area contributed by atoms with Crippen molar-refractivity contribution in [3.8, 4) is 0 Å². The van der Waals surface area contributed by atoms with Gasteiger partial charge in [-0.2, -0.15) is 0 Å². The fourth-order valence-corrected chi connectivity index (χ4v) is 2.74. The summed E-state index contributed by atoms with van der Waals surface area (Å²) < 4.78 is 13.9. The van der Waals surface area contributed by atoms with Gasteiger partial charge in [-0.05, 0) is 36.2 Å². The third kappa shape index (κ3) is 2.75. The molecule has 2 N–H and O–H groups in total. The summed E-state index contributed by atoms with van der Waals surface area (Å²) in [4.78, 5) is 4.31. The van der Waals surface area contributed by atoms with E-state index >= 15 is 0 Å². The van der Waals surface area contributed by atoms with Gasteiger partial charge in [-0.25, -0.2) is 4.39 Å². The zero-order valence-electron chi connectivity index (χ0n) is 11.3. The van der Waals surface area contributed by atoms with Crippen LogP contribution in [0.15, 0.2) is 54.7 Å². The van der Waals surface area contributed by atoms with Crippen LogP contribution in [0.25, 0.3) is 10.9 Å². The van der Waals surface area contributed by atoms with E-state index in [0.29, 0.717) is 17.0 Å². The van der Waals surface area contributed by atoms with Gasteiger partial charge < -0.3 is 5.73 Å². The fourth-order valence-electron chi connectivity index (χ4n) is 2.50. The zero-order valence-corrected chi connectivity index (χ0v) is 12.0. The summed E-state index contributed by atoms with van der Waals surface area (Å²) in [6.45, 7) is 0. The Bertz CT molecular complexity index is 763. The minimum absolute atomic E-state index is 0.323. The quantitative estimate of drug-likeness (QED) is 0.784. The molecule has 0 aliphatic carbocycles.